The molecule has 3 heteroatoms. The summed E-state index contributed by atoms with van der Waals surface area (Å²) >= 11 is 0. The van der Waals surface area contributed by atoms with E-state index in [1.165, 1.54) is 0 Å². The zero-order valence-corrected chi connectivity index (χ0v) is 12.7. The molecule has 3 nitrogen and oxygen atoms in total. The Morgan fingerprint density at radius 1 is 1.05 bits per heavy atom. The highest BCUT2D eigenvalue weighted by Gasteiger charge is 2.31. The number of ether oxygens (including phenoxy) is 1. The summed E-state index contributed by atoms with van der Waals surface area (Å²) in [5.74, 6) is 0.780. The van der Waals surface area contributed by atoms with Crippen molar-refractivity contribution >= 4 is 5.69 Å². The summed E-state index contributed by atoms with van der Waals surface area (Å²) in [5.41, 5.74) is 1.48. The van der Waals surface area contributed by atoms with Crippen LogP contribution in [0, 0.1) is 0 Å². The van der Waals surface area contributed by atoms with E-state index in [9.17, 15) is 5.11 Å². The Bertz CT molecular complexity index is 556. The SMILES string of the molecule is CCCC(CO)(Nc1ccccc1OC)c1ccccc1. The van der Waals surface area contributed by atoms with Gasteiger partial charge in [0.05, 0.1) is 24.9 Å². The summed E-state index contributed by atoms with van der Waals surface area (Å²) in [7, 11) is 1.66. The van der Waals surface area contributed by atoms with Gasteiger partial charge in [0.1, 0.15) is 5.75 Å². The van der Waals surface area contributed by atoms with E-state index >= 15 is 0 Å². The zero-order chi connectivity index (χ0) is 15.1. The summed E-state index contributed by atoms with van der Waals surface area (Å²) < 4.78 is 5.41. The van der Waals surface area contributed by atoms with Crippen LogP contribution in [0.15, 0.2) is 54.6 Å². The number of rotatable bonds is 7. The van der Waals surface area contributed by atoms with Crippen LogP contribution in [0.2, 0.25) is 0 Å². The lowest BCUT2D eigenvalue weighted by atomic mass is 9.86. The Labute approximate surface area is 126 Å². The van der Waals surface area contributed by atoms with E-state index < -0.39 is 5.54 Å². The maximum absolute atomic E-state index is 10.1. The summed E-state index contributed by atoms with van der Waals surface area (Å²) in [6, 6.07) is 17.9. The summed E-state index contributed by atoms with van der Waals surface area (Å²) in [6.07, 6.45) is 1.81. The van der Waals surface area contributed by atoms with Crippen molar-refractivity contribution in [1.82, 2.24) is 0 Å². The number of hydrogen-bond donors (Lipinski definition) is 2. The monoisotopic (exact) mass is 285 g/mol. The molecular formula is C18H23NO2. The first-order valence-corrected chi connectivity index (χ1v) is 7.33. The van der Waals surface area contributed by atoms with E-state index in [0.29, 0.717) is 0 Å². The van der Waals surface area contributed by atoms with Crippen molar-refractivity contribution in [3.05, 3.63) is 60.2 Å². The highest BCUT2D eigenvalue weighted by atomic mass is 16.5. The van der Waals surface area contributed by atoms with Crippen LogP contribution in [-0.4, -0.2) is 18.8 Å². The van der Waals surface area contributed by atoms with Crippen molar-refractivity contribution in [2.75, 3.05) is 19.0 Å². The van der Waals surface area contributed by atoms with Crippen LogP contribution < -0.4 is 10.1 Å². The highest BCUT2D eigenvalue weighted by Crippen LogP contribution is 2.34. The zero-order valence-electron chi connectivity index (χ0n) is 12.7. The first kappa shape index (κ1) is 15.4. The van der Waals surface area contributed by atoms with Gasteiger partial charge in [-0.3, -0.25) is 0 Å². The van der Waals surface area contributed by atoms with Gasteiger partial charge in [0.15, 0.2) is 0 Å². The number of benzene rings is 2. The Hall–Kier alpha value is -2.00. The fourth-order valence-corrected chi connectivity index (χ4v) is 2.68. The van der Waals surface area contributed by atoms with Crippen LogP contribution in [0.5, 0.6) is 5.75 Å². The lowest BCUT2D eigenvalue weighted by Crippen LogP contribution is -2.39. The molecule has 0 spiro atoms. The van der Waals surface area contributed by atoms with Crippen molar-refractivity contribution in [1.29, 1.82) is 0 Å². The summed E-state index contributed by atoms with van der Waals surface area (Å²) in [6.45, 7) is 2.15. The Morgan fingerprint density at radius 3 is 2.33 bits per heavy atom. The molecule has 0 radical (unpaired) electrons. The van der Waals surface area contributed by atoms with Crippen LogP contribution in [0.3, 0.4) is 0 Å². The normalized spacial score (nSPS) is 13.5. The maximum atomic E-state index is 10.1. The fourth-order valence-electron chi connectivity index (χ4n) is 2.68. The average Bonchev–Trinajstić information content (AvgIpc) is 2.55. The molecule has 1 unspecified atom stereocenters. The lowest BCUT2D eigenvalue weighted by Gasteiger charge is -2.35. The molecule has 2 aromatic rings. The number of hydrogen-bond acceptors (Lipinski definition) is 3. The molecule has 0 heterocycles. The molecule has 2 N–H and O–H groups in total. The Balaban J connectivity index is 2.41. The largest absolute Gasteiger partial charge is 0.495 e. The average molecular weight is 285 g/mol. The van der Waals surface area contributed by atoms with Crippen molar-refractivity contribution in [2.24, 2.45) is 0 Å². The van der Waals surface area contributed by atoms with Crippen LogP contribution >= 0.6 is 0 Å². The van der Waals surface area contributed by atoms with E-state index in [-0.39, 0.29) is 6.61 Å². The third-order valence-electron chi connectivity index (χ3n) is 3.75. The van der Waals surface area contributed by atoms with Crippen molar-refractivity contribution in [2.45, 2.75) is 25.3 Å². The fraction of sp³-hybridized carbons (Fsp3) is 0.333. The van der Waals surface area contributed by atoms with Gasteiger partial charge in [-0.25, -0.2) is 0 Å². The van der Waals surface area contributed by atoms with E-state index in [2.05, 4.69) is 12.2 Å². The van der Waals surface area contributed by atoms with E-state index in [0.717, 1.165) is 29.8 Å². The molecule has 0 aromatic heterocycles. The standard InChI is InChI=1S/C18H23NO2/c1-3-13-18(14-20,15-9-5-4-6-10-15)19-16-11-7-8-12-17(16)21-2/h4-12,19-20H,3,13-14H2,1-2H3. The molecule has 0 aliphatic rings. The second kappa shape index (κ2) is 7.14. The maximum Gasteiger partial charge on any atom is 0.141 e. The summed E-state index contributed by atoms with van der Waals surface area (Å²) in [4.78, 5) is 0. The van der Waals surface area contributed by atoms with Gasteiger partial charge in [0.25, 0.3) is 0 Å². The molecular weight excluding hydrogens is 262 g/mol. The van der Waals surface area contributed by atoms with Crippen molar-refractivity contribution in [3.63, 3.8) is 0 Å². The van der Waals surface area contributed by atoms with Crippen LogP contribution in [0.1, 0.15) is 25.3 Å². The lowest BCUT2D eigenvalue weighted by molar-refractivity contribution is 0.202. The number of para-hydroxylation sites is 2. The van der Waals surface area contributed by atoms with Crippen molar-refractivity contribution < 1.29 is 9.84 Å². The van der Waals surface area contributed by atoms with Gasteiger partial charge in [0, 0.05) is 0 Å². The third kappa shape index (κ3) is 3.37. The molecule has 0 fully saturated rings. The van der Waals surface area contributed by atoms with Crippen LogP contribution in [0.25, 0.3) is 0 Å². The topological polar surface area (TPSA) is 41.5 Å². The molecule has 0 saturated carbocycles. The molecule has 0 aliphatic carbocycles. The minimum absolute atomic E-state index is 0.0307. The number of anilines is 1. The summed E-state index contributed by atoms with van der Waals surface area (Å²) in [5, 5.41) is 13.6. The molecule has 112 valence electrons. The molecule has 1 atom stereocenters. The molecule has 0 bridgehead atoms. The molecule has 2 rings (SSSR count). The molecule has 0 amide bonds. The minimum Gasteiger partial charge on any atom is -0.495 e. The smallest absolute Gasteiger partial charge is 0.141 e. The molecule has 21 heavy (non-hydrogen) atoms. The number of nitrogens with one attached hydrogen (secondary N) is 1. The van der Waals surface area contributed by atoms with Gasteiger partial charge < -0.3 is 15.2 Å². The second-order valence-electron chi connectivity index (χ2n) is 5.18. The Morgan fingerprint density at radius 2 is 1.71 bits per heavy atom. The third-order valence-corrected chi connectivity index (χ3v) is 3.75. The van der Waals surface area contributed by atoms with Crippen LogP contribution in [0.4, 0.5) is 5.69 Å². The van der Waals surface area contributed by atoms with Crippen LogP contribution in [-0.2, 0) is 5.54 Å². The molecule has 0 aliphatic heterocycles. The van der Waals surface area contributed by atoms with E-state index in [4.69, 9.17) is 4.74 Å². The van der Waals surface area contributed by atoms with Gasteiger partial charge in [-0.2, -0.15) is 0 Å². The Kier molecular flexibility index (Phi) is 5.23. The van der Waals surface area contributed by atoms with E-state index in [1.807, 2.05) is 54.6 Å². The van der Waals surface area contributed by atoms with E-state index in [1.54, 1.807) is 7.11 Å². The van der Waals surface area contributed by atoms with Gasteiger partial charge in [-0.1, -0.05) is 55.8 Å². The second-order valence-corrected chi connectivity index (χ2v) is 5.18. The quantitative estimate of drug-likeness (QED) is 0.813. The first-order chi connectivity index (χ1) is 10.3. The predicted octanol–water partition coefficient (Wildman–Crippen LogP) is 3.80. The first-order valence-electron chi connectivity index (χ1n) is 7.33. The predicted molar refractivity (Wildman–Crippen MR) is 86.7 cm³/mol. The molecule has 0 saturated heterocycles. The van der Waals surface area contributed by atoms with Crippen molar-refractivity contribution in [3.8, 4) is 5.75 Å². The van der Waals surface area contributed by atoms with Gasteiger partial charge in [0.2, 0.25) is 0 Å². The highest BCUT2D eigenvalue weighted by molar-refractivity contribution is 5.58. The number of aliphatic hydroxyl groups excluding tert-OH is 1. The number of aliphatic hydroxyl groups is 1. The van der Waals surface area contributed by atoms with Gasteiger partial charge >= 0.3 is 0 Å². The number of methoxy groups -OCH3 is 1. The molecule has 2 aromatic carbocycles. The minimum atomic E-state index is -0.495. The van der Waals surface area contributed by atoms with Gasteiger partial charge in [-0.05, 0) is 24.1 Å². The van der Waals surface area contributed by atoms with Gasteiger partial charge in [-0.15, -0.1) is 0 Å².